The monoisotopic (exact) mass is 250 g/mol. The van der Waals surface area contributed by atoms with Crippen molar-refractivity contribution in [2.45, 2.75) is 20.0 Å². The molecule has 0 radical (unpaired) electrons. The molecule has 90 valence electrons. The van der Waals surface area contributed by atoms with Crippen LogP contribution in [0.3, 0.4) is 0 Å². The van der Waals surface area contributed by atoms with Gasteiger partial charge in [-0.3, -0.25) is 4.68 Å². The average molecular weight is 251 g/mol. The topological polar surface area (TPSA) is 27.1 Å². The van der Waals surface area contributed by atoms with Gasteiger partial charge in [0.25, 0.3) is 0 Å². The molecule has 1 heterocycles. The van der Waals surface area contributed by atoms with E-state index in [0.29, 0.717) is 17.4 Å². The number of nitrogens with zero attached hydrogens (tertiary/aromatic N) is 2. The molecule has 0 bridgehead atoms. The van der Waals surface area contributed by atoms with E-state index in [1.165, 1.54) is 0 Å². The number of hydrogen-bond donors (Lipinski definition) is 0. The Morgan fingerprint density at radius 3 is 2.76 bits per heavy atom. The van der Waals surface area contributed by atoms with Crippen molar-refractivity contribution in [1.82, 2.24) is 9.78 Å². The number of aryl methyl sites for hydroxylation is 2. The van der Waals surface area contributed by atoms with Crippen molar-refractivity contribution in [2.75, 3.05) is 0 Å². The number of benzene rings is 1. The lowest BCUT2D eigenvalue weighted by Gasteiger charge is -2.07. The fraction of sp³-hybridized carbons (Fsp3) is 0.308. The molecule has 3 nitrogen and oxygen atoms in total. The number of para-hydroxylation sites is 1. The molecule has 0 fully saturated rings. The van der Waals surface area contributed by atoms with Crippen LogP contribution in [-0.4, -0.2) is 9.78 Å². The number of ether oxygens (including phenoxy) is 1. The summed E-state index contributed by atoms with van der Waals surface area (Å²) in [4.78, 5) is 0. The third-order valence-corrected chi connectivity index (χ3v) is 2.91. The van der Waals surface area contributed by atoms with Gasteiger partial charge in [-0.25, -0.2) is 0 Å². The summed E-state index contributed by atoms with van der Waals surface area (Å²) in [7, 11) is 1.92. The summed E-state index contributed by atoms with van der Waals surface area (Å²) in [6.07, 6.45) is 0.930. The normalized spacial score (nSPS) is 10.5. The Balaban J connectivity index is 2.07. The lowest BCUT2D eigenvalue weighted by atomic mass is 10.3. The van der Waals surface area contributed by atoms with E-state index >= 15 is 0 Å². The van der Waals surface area contributed by atoms with Crippen LogP contribution < -0.4 is 4.74 Å². The minimum Gasteiger partial charge on any atom is -0.486 e. The zero-order valence-corrected chi connectivity index (χ0v) is 10.7. The zero-order valence-electron chi connectivity index (χ0n) is 9.98. The molecule has 0 aliphatic carbocycles. The first-order valence-corrected chi connectivity index (χ1v) is 5.97. The smallest absolute Gasteiger partial charge is 0.138 e. The SMILES string of the molecule is CCc1cc(COc2ccccc2Cl)n(C)n1. The van der Waals surface area contributed by atoms with Crippen LogP contribution in [0.2, 0.25) is 5.02 Å². The molecular weight excluding hydrogens is 236 g/mol. The fourth-order valence-corrected chi connectivity index (χ4v) is 1.78. The van der Waals surface area contributed by atoms with Crippen LogP contribution in [0.15, 0.2) is 30.3 Å². The maximum Gasteiger partial charge on any atom is 0.138 e. The van der Waals surface area contributed by atoms with Gasteiger partial charge < -0.3 is 4.74 Å². The molecule has 0 spiro atoms. The maximum atomic E-state index is 6.02. The van der Waals surface area contributed by atoms with Crippen LogP contribution in [0.1, 0.15) is 18.3 Å². The second kappa shape index (κ2) is 5.23. The van der Waals surface area contributed by atoms with Gasteiger partial charge in [0.05, 0.1) is 16.4 Å². The lowest BCUT2D eigenvalue weighted by molar-refractivity contribution is 0.295. The van der Waals surface area contributed by atoms with Gasteiger partial charge in [-0.2, -0.15) is 5.10 Å². The van der Waals surface area contributed by atoms with E-state index in [-0.39, 0.29) is 0 Å². The Kier molecular flexibility index (Phi) is 3.69. The zero-order chi connectivity index (χ0) is 12.3. The van der Waals surface area contributed by atoms with Crippen LogP contribution >= 0.6 is 11.6 Å². The molecule has 0 N–H and O–H groups in total. The van der Waals surface area contributed by atoms with Crippen LogP contribution in [0.4, 0.5) is 0 Å². The summed E-state index contributed by atoms with van der Waals surface area (Å²) in [6, 6.07) is 9.52. The highest BCUT2D eigenvalue weighted by Crippen LogP contribution is 2.24. The molecule has 0 amide bonds. The van der Waals surface area contributed by atoms with E-state index in [0.717, 1.165) is 17.8 Å². The summed E-state index contributed by atoms with van der Waals surface area (Å²) in [5, 5.41) is 5.00. The molecule has 0 saturated heterocycles. The van der Waals surface area contributed by atoms with Gasteiger partial charge in [-0.15, -0.1) is 0 Å². The van der Waals surface area contributed by atoms with Crippen molar-refractivity contribution in [3.8, 4) is 5.75 Å². The Labute approximate surface area is 106 Å². The van der Waals surface area contributed by atoms with Crippen LogP contribution in [0, 0.1) is 0 Å². The van der Waals surface area contributed by atoms with E-state index in [1.807, 2.05) is 36.0 Å². The van der Waals surface area contributed by atoms with Crippen molar-refractivity contribution in [3.63, 3.8) is 0 Å². The van der Waals surface area contributed by atoms with Crippen LogP contribution in [0.25, 0.3) is 0 Å². The summed E-state index contributed by atoms with van der Waals surface area (Å²) >= 11 is 6.02. The van der Waals surface area contributed by atoms with Crippen molar-refractivity contribution in [2.24, 2.45) is 7.05 Å². The average Bonchev–Trinajstić information content (AvgIpc) is 2.69. The molecule has 1 aromatic carbocycles. The van der Waals surface area contributed by atoms with Gasteiger partial charge >= 0.3 is 0 Å². The fourth-order valence-electron chi connectivity index (χ4n) is 1.59. The van der Waals surface area contributed by atoms with E-state index in [2.05, 4.69) is 18.1 Å². The summed E-state index contributed by atoms with van der Waals surface area (Å²) in [6.45, 7) is 2.56. The van der Waals surface area contributed by atoms with E-state index in [9.17, 15) is 0 Å². The first-order chi connectivity index (χ1) is 8.20. The standard InChI is InChI=1S/C13H15ClN2O/c1-3-10-8-11(16(2)15-10)9-17-13-7-5-4-6-12(13)14/h4-8H,3,9H2,1-2H3. The highest BCUT2D eigenvalue weighted by Gasteiger charge is 2.05. The van der Waals surface area contributed by atoms with Gasteiger partial charge in [-0.05, 0) is 24.6 Å². The Morgan fingerprint density at radius 1 is 1.35 bits per heavy atom. The van der Waals surface area contributed by atoms with E-state index in [4.69, 9.17) is 16.3 Å². The predicted molar refractivity (Wildman–Crippen MR) is 68.4 cm³/mol. The predicted octanol–water partition coefficient (Wildman–Crippen LogP) is 3.21. The minimum absolute atomic E-state index is 0.479. The van der Waals surface area contributed by atoms with Gasteiger partial charge in [0.1, 0.15) is 12.4 Å². The highest BCUT2D eigenvalue weighted by atomic mass is 35.5. The van der Waals surface area contributed by atoms with Crippen molar-refractivity contribution >= 4 is 11.6 Å². The van der Waals surface area contributed by atoms with Crippen molar-refractivity contribution in [3.05, 3.63) is 46.7 Å². The summed E-state index contributed by atoms with van der Waals surface area (Å²) in [5.41, 5.74) is 2.12. The molecule has 1 aromatic heterocycles. The molecule has 4 heteroatoms. The summed E-state index contributed by atoms with van der Waals surface area (Å²) < 4.78 is 7.51. The number of aromatic nitrogens is 2. The Bertz CT molecular complexity index is 508. The van der Waals surface area contributed by atoms with Gasteiger partial charge in [0, 0.05) is 7.05 Å². The molecule has 0 atom stereocenters. The third-order valence-electron chi connectivity index (χ3n) is 2.60. The van der Waals surface area contributed by atoms with Crippen molar-refractivity contribution in [1.29, 1.82) is 0 Å². The second-order valence-electron chi connectivity index (χ2n) is 3.82. The first-order valence-electron chi connectivity index (χ1n) is 5.60. The highest BCUT2D eigenvalue weighted by molar-refractivity contribution is 6.32. The molecule has 17 heavy (non-hydrogen) atoms. The Hall–Kier alpha value is -1.48. The number of hydrogen-bond acceptors (Lipinski definition) is 2. The van der Waals surface area contributed by atoms with E-state index < -0.39 is 0 Å². The number of rotatable bonds is 4. The largest absolute Gasteiger partial charge is 0.486 e. The lowest BCUT2D eigenvalue weighted by Crippen LogP contribution is -2.03. The first kappa shape index (κ1) is 12.0. The van der Waals surface area contributed by atoms with Crippen LogP contribution in [0.5, 0.6) is 5.75 Å². The maximum absolute atomic E-state index is 6.02. The molecule has 2 rings (SSSR count). The van der Waals surface area contributed by atoms with Gasteiger partial charge in [0.2, 0.25) is 0 Å². The second-order valence-corrected chi connectivity index (χ2v) is 4.23. The Morgan fingerprint density at radius 2 is 2.12 bits per heavy atom. The minimum atomic E-state index is 0.479. The molecule has 2 aromatic rings. The summed E-state index contributed by atoms with van der Waals surface area (Å²) in [5.74, 6) is 0.702. The molecule has 0 aliphatic heterocycles. The molecule has 0 saturated carbocycles. The molecule has 0 unspecified atom stereocenters. The van der Waals surface area contributed by atoms with Gasteiger partial charge in [0.15, 0.2) is 0 Å². The quantitative estimate of drug-likeness (QED) is 0.833. The molecule has 0 aliphatic rings. The third kappa shape index (κ3) is 2.80. The van der Waals surface area contributed by atoms with Crippen LogP contribution in [-0.2, 0) is 20.1 Å². The van der Waals surface area contributed by atoms with Crippen molar-refractivity contribution < 1.29 is 4.74 Å². The molecular formula is C13H15ClN2O. The number of halogens is 1. The van der Waals surface area contributed by atoms with E-state index in [1.54, 1.807) is 0 Å². The van der Waals surface area contributed by atoms with Gasteiger partial charge in [-0.1, -0.05) is 30.7 Å².